The predicted octanol–water partition coefficient (Wildman–Crippen LogP) is 2.86. The lowest BCUT2D eigenvalue weighted by Gasteiger charge is -2.06. The number of amides is 1. The molecule has 1 amide bonds. The van der Waals surface area contributed by atoms with Gasteiger partial charge in [0, 0.05) is 23.0 Å². The van der Waals surface area contributed by atoms with Crippen molar-refractivity contribution in [1.29, 1.82) is 0 Å². The summed E-state index contributed by atoms with van der Waals surface area (Å²) in [5.74, 6) is 0.00727. The van der Waals surface area contributed by atoms with Crippen LogP contribution in [-0.4, -0.2) is 24.0 Å². The fraction of sp³-hybridized carbons (Fsp3) is 0.375. The smallest absolute Gasteiger partial charge is 0.233 e. The highest BCUT2D eigenvalue weighted by Gasteiger charge is 2.05. The number of halogens is 1. The Balaban J connectivity index is 1.63. The number of aryl methyl sites for hydroxylation is 2. The first-order valence-corrected chi connectivity index (χ1v) is 8.39. The molecular weight excluding hydrogens is 318 g/mol. The van der Waals surface area contributed by atoms with Gasteiger partial charge in [-0.15, -0.1) is 11.3 Å². The van der Waals surface area contributed by atoms with Gasteiger partial charge in [0.05, 0.1) is 17.2 Å². The summed E-state index contributed by atoms with van der Waals surface area (Å²) in [5.41, 5.74) is 2.20. The Labute approximate surface area is 139 Å². The molecule has 0 spiro atoms. The molecule has 0 aliphatic heterocycles. The van der Waals surface area contributed by atoms with E-state index in [0.717, 1.165) is 27.7 Å². The number of nitrogens with one attached hydrogen (secondary N) is 2. The molecule has 0 saturated heterocycles. The normalized spacial score (nSPS) is 10.7. The number of carbonyl (C=O) groups is 1. The Morgan fingerprint density at radius 2 is 2.00 bits per heavy atom. The molecule has 0 unspecified atom stereocenters. The minimum Gasteiger partial charge on any atom is -0.355 e. The summed E-state index contributed by atoms with van der Waals surface area (Å²) in [6, 6.07) is 7.67. The molecule has 22 heavy (non-hydrogen) atoms. The molecule has 4 nitrogen and oxygen atoms in total. The van der Waals surface area contributed by atoms with Crippen molar-refractivity contribution < 1.29 is 4.79 Å². The van der Waals surface area contributed by atoms with Crippen LogP contribution in [0, 0.1) is 13.8 Å². The highest BCUT2D eigenvalue weighted by atomic mass is 35.5. The summed E-state index contributed by atoms with van der Waals surface area (Å²) in [5, 5.41) is 7.84. The fourth-order valence-corrected chi connectivity index (χ4v) is 3.12. The van der Waals surface area contributed by atoms with E-state index >= 15 is 0 Å². The zero-order valence-corrected chi connectivity index (χ0v) is 14.4. The highest BCUT2D eigenvalue weighted by Crippen LogP contribution is 2.16. The molecular formula is C16H20ClN3OS. The fourth-order valence-electron chi connectivity index (χ4n) is 2.09. The van der Waals surface area contributed by atoms with Crippen molar-refractivity contribution in [2.75, 3.05) is 13.1 Å². The van der Waals surface area contributed by atoms with Crippen LogP contribution in [0.1, 0.15) is 21.1 Å². The third-order valence-electron chi connectivity index (χ3n) is 3.22. The lowest BCUT2D eigenvalue weighted by molar-refractivity contribution is -0.120. The van der Waals surface area contributed by atoms with Gasteiger partial charge in [-0.3, -0.25) is 4.79 Å². The molecule has 6 heteroatoms. The largest absolute Gasteiger partial charge is 0.355 e. The van der Waals surface area contributed by atoms with E-state index in [-0.39, 0.29) is 5.91 Å². The molecule has 0 radical (unpaired) electrons. The van der Waals surface area contributed by atoms with Crippen molar-refractivity contribution >= 4 is 28.8 Å². The van der Waals surface area contributed by atoms with Crippen LogP contribution in [0.15, 0.2) is 24.3 Å². The topological polar surface area (TPSA) is 54.0 Å². The minimum atomic E-state index is 0.00727. The maximum absolute atomic E-state index is 11.8. The van der Waals surface area contributed by atoms with Gasteiger partial charge >= 0.3 is 0 Å². The lowest BCUT2D eigenvalue weighted by Crippen LogP contribution is -2.34. The van der Waals surface area contributed by atoms with Crippen molar-refractivity contribution in [3.05, 3.63) is 50.4 Å². The van der Waals surface area contributed by atoms with Crippen LogP contribution in [0.4, 0.5) is 0 Å². The molecule has 0 atom stereocenters. The minimum absolute atomic E-state index is 0.00727. The Morgan fingerprint density at radius 1 is 1.27 bits per heavy atom. The summed E-state index contributed by atoms with van der Waals surface area (Å²) in [6.45, 7) is 5.61. The third kappa shape index (κ3) is 5.40. The quantitative estimate of drug-likeness (QED) is 0.816. The van der Waals surface area contributed by atoms with Gasteiger partial charge in [-0.25, -0.2) is 4.98 Å². The van der Waals surface area contributed by atoms with Gasteiger partial charge in [-0.05, 0) is 38.0 Å². The summed E-state index contributed by atoms with van der Waals surface area (Å²) >= 11 is 7.50. The van der Waals surface area contributed by atoms with Gasteiger partial charge in [-0.2, -0.15) is 0 Å². The molecule has 0 aliphatic carbocycles. The van der Waals surface area contributed by atoms with Crippen LogP contribution >= 0.6 is 22.9 Å². The monoisotopic (exact) mass is 337 g/mol. The molecule has 0 saturated carbocycles. The van der Waals surface area contributed by atoms with Gasteiger partial charge in [0.2, 0.25) is 5.91 Å². The number of nitrogens with zero attached hydrogens (tertiary/aromatic N) is 1. The average Bonchev–Trinajstić information content (AvgIpc) is 2.79. The van der Waals surface area contributed by atoms with E-state index in [1.54, 1.807) is 11.3 Å². The SMILES string of the molecule is Cc1nc(C)c(CNCC(=O)NCCc2ccc(Cl)cc2)s1. The predicted molar refractivity (Wildman–Crippen MR) is 91.5 cm³/mol. The molecule has 0 bridgehead atoms. The molecule has 2 rings (SSSR count). The van der Waals surface area contributed by atoms with Crippen LogP contribution < -0.4 is 10.6 Å². The second-order valence-electron chi connectivity index (χ2n) is 5.07. The van der Waals surface area contributed by atoms with E-state index in [1.165, 1.54) is 4.88 Å². The first-order valence-electron chi connectivity index (χ1n) is 7.19. The van der Waals surface area contributed by atoms with E-state index < -0.39 is 0 Å². The van der Waals surface area contributed by atoms with Crippen molar-refractivity contribution in [1.82, 2.24) is 15.6 Å². The molecule has 1 heterocycles. The Morgan fingerprint density at radius 3 is 2.64 bits per heavy atom. The lowest BCUT2D eigenvalue weighted by atomic mass is 10.1. The molecule has 1 aromatic heterocycles. The number of thiazole rings is 1. The molecule has 2 N–H and O–H groups in total. The van der Waals surface area contributed by atoms with Crippen molar-refractivity contribution in [3.63, 3.8) is 0 Å². The number of hydrogen-bond donors (Lipinski definition) is 2. The van der Waals surface area contributed by atoms with E-state index in [0.29, 0.717) is 19.6 Å². The second kappa shape index (κ2) is 8.27. The number of carbonyl (C=O) groups excluding carboxylic acids is 1. The van der Waals surface area contributed by atoms with Crippen LogP contribution in [0.2, 0.25) is 5.02 Å². The Hall–Kier alpha value is -1.43. The summed E-state index contributed by atoms with van der Waals surface area (Å²) in [6.07, 6.45) is 0.802. The Kier molecular flexibility index (Phi) is 6.36. The zero-order valence-electron chi connectivity index (χ0n) is 12.8. The maximum atomic E-state index is 11.8. The highest BCUT2D eigenvalue weighted by molar-refractivity contribution is 7.11. The van der Waals surface area contributed by atoms with Crippen LogP contribution in [0.3, 0.4) is 0 Å². The standard InChI is InChI=1S/C16H20ClN3OS/c1-11-15(22-12(2)20-11)9-18-10-16(21)19-8-7-13-3-5-14(17)6-4-13/h3-6,18H,7-10H2,1-2H3,(H,19,21). The van der Waals surface area contributed by atoms with Gasteiger partial charge < -0.3 is 10.6 Å². The number of rotatable bonds is 7. The van der Waals surface area contributed by atoms with Gasteiger partial charge in [0.15, 0.2) is 0 Å². The zero-order chi connectivity index (χ0) is 15.9. The molecule has 1 aromatic carbocycles. The number of hydrogen-bond acceptors (Lipinski definition) is 4. The van der Waals surface area contributed by atoms with Crippen molar-refractivity contribution in [2.24, 2.45) is 0 Å². The van der Waals surface area contributed by atoms with Crippen LogP contribution in [0.5, 0.6) is 0 Å². The van der Waals surface area contributed by atoms with Gasteiger partial charge in [-0.1, -0.05) is 23.7 Å². The third-order valence-corrected chi connectivity index (χ3v) is 4.54. The Bertz CT molecular complexity index is 625. The number of aromatic nitrogens is 1. The van der Waals surface area contributed by atoms with Crippen molar-refractivity contribution in [3.8, 4) is 0 Å². The maximum Gasteiger partial charge on any atom is 0.233 e. The van der Waals surface area contributed by atoms with E-state index in [4.69, 9.17) is 11.6 Å². The molecule has 0 aliphatic rings. The molecule has 118 valence electrons. The van der Waals surface area contributed by atoms with E-state index in [2.05, 4.69) is 15.6 Å². The second-order valence-corrected chi connectivity index (χ2v) is 6.80. The summed E-state index contributed by atoms with van der Waals surface area (Å²) < 4.78 is 0. The van der Waals surface area contributed by atoms with Gasteiger partial charge in [0.1, 0.15) is 0 Å². The van der Waals surface area contributed by atoms with Crippen LogP contribution in [0.25, 0.3) is 0 Å². The summed E-state index contributed by atoms with van der Waals surface area (Å²) in [4.78, 5) is 17.3. The van der Waals surface area contributed by atoms with E-state index in [9.17, 15) is 4.79 Å². The first-order chi connectivity index (χ1) is 10.5. The average molecular weight is 338 g/mol. The molecule has 2 aromatic rings. The van der Waals surface area contributed by atoms with Crippen molar-refractivity contribution in [2.45, 2.75) is 26.8 Å². The molecule has 0 fully saturated rings. The van der Waals surface area contributed by atoms with Crippen LogP contribution in [-0.2, 0) is 17.8 Å². The van der Waals surface area contributed by atoms with Gasteiger partial charge in [0.25, 0.3) is 0 Å². The first kappa shape index (κ1) is 16.9. The van der Waals surface area contributed by atoms with E-state index in [1.807, 2.05) is 38.1 Å². The number of benzene rings is 1. The summed E-state index contributed by atoms with van der Waals surface area (Å²) in [7, 11) is 0.